The van der Waals surface area contributed by atoms with Gasteiger partial charge in [0.25, 0.3) is 0 Å². The zero-order valence-electron chi connectivity index (χ0n) is 20.0. The van der Waals surface area contributed by atoms with Crippen molar-refractivity contribution in [1.82, 2.24) is 14.8 Å². The molecule has 0 unspecified atom stereocenters. The topological polar surface area (TPSA) is 105 Å². The average Bonchev–Trinajstić information content (AvgIpc) is 3.41. The molecule has 1 aromatic carbocycles. The summed E-state index contributed by atoms with van der Waals surface area (Å²) in [5, 5.41) is 12.5. The van der Waals surface area contributed by atoms with E-state index in [4.69, 9.17) is 14.2 Å². The Bertz CT molecular complexity index is 1190. The second-order valence-corrected chi connectivity index (χ2v) is 9.94. The molecule has 0 atom stereocenters. The molecule has 0 radical (unpaired) electrons. The molecule has 0 aliphatic heterocycles. The first-order valence-electron chi connectivity index (χ1n) is 11.4. The van der Waals surface area contributed by atoms with Gasteiger partial charge in [0.1, 0.15) is 23.1 Å². The van der Waals surface area contributed by atoms with Gasteiger partial charge < -0.3 is 24.1 Å². The van der Waals surface area contributed by atoms with Crippen molar-refractivity contribution in [2.24, 2.45) is 7.05 Å². The van der Waals surface area contributed by atoms with Crippen LogP contribution in [0.1, 0.15) is 46.4 Å². The SMILES string of the molecule is CCOC(=O)c1c(NC(=O)CSc2nnc(COc3ccc(OC)cc3)n2C)sc2c1CCCC2. The number of aryl methyl sites for hydroxylation is 1. The van der Waals surface area contributed by atoms with Gasteiger partial charge in [-0.05, 0) is 62.4 Å². The Labute approximate surface area is 212 Å². The third-order valence-electron chi connectivity index (χ3n) is 5.59. The van der Waals surface area contributed by atoms with E-state index in [-0.39, 0.29) is 24.2 Å². The van der Waals surface area contributed by atoms with Gasteiger partial charge in [-0.15, -0.1) is 21.5 Å². The van der Waals surface area contributed by atoms with Crippen LogP contribution in [0.4, 0.5) is 5.00 Å². The van der Waals surface area contributed by atoms with Crippen molar-refractivity contribution in [2.75, 3.05) is 24.8 Å². The quantitative estimate of drug-likeness (QED) is 0.315. The summed E-state index contributed by atoms with van der Waals surface area (Å²) < 4.78 is 18.0. The van der Waals surface area contributed by atoms with Crippen molar-refractivity contribution in [2.45, 2.75) is 44.4 Å². The molecular weight excluding hydrogens is 488 g/mol. The molecule has 2 aromatic heterocycles. The maximum atomic E-state index is 12.7. The van der Waals surface area contributed by atoms with E-state index in [1.807, 2.05) is 31.3 Å². The number of fused-ring (bicyclic) bond motifs is 1. The molecule has 186 valence electrons. The average molecular weight is 517 g/mol. The van der Waals surface area contributed by atoms with E-state index in [2.05, 4.69) is 15.5 Å². The normalized spacial score (nSPS) is 12.7. The Kier molecular flexibility index (Phi) is 8.29. The molecule has 0 saturated heterocycles. The van der Waals surface area contributed by atoms with Gasteiger partial charge in [0.2, 0.25) is 5.91 Å². The number of nitrogens with zero attached hydrogens (tertiary/aromatic N) is 3. The minimum absolute atomic E-state index is 0.135. The molecule has 0 bridgehead atoms. The van der Waals surface area contributed by atoms with Crippen molar-refractivity contribution in [3.63, 3.8) is 0 Å². The van der Waals surface area contributed by atoms with Gasteiger partial charge in [0.15, 0.2) is 11.0 Å². The maximum absolute atomic E-state index is 12.7. The Morgan fingerprint density at radius 2 is 1.89 bits per heavy atom. The van der Waals surface area contributed by atoms with Gasteiger partial charge in [-0.25, -0.2) is 4.79 Å². The molecule has 2 heterocycles. The number of amides is 1. The number of thiophene rings is 1. The number of nitrogens with one attached hydrogen (secondary N) is 1. The second kappa shape index (κ2) is 11.6. The van der Waals surface area contributed by atoms with Crippen LogP contribution in [0.5, 0.6) is 11.5 Å². The molecule has 35 heavy (non-hydrogen) atoms. The third-order valence-corrected chi connectivity index (χ3v) is 7.82. The number of methoxy groups -OCH3 is 1. The predicted octanol–water partition coefficient (Wildman–Crippen LogP) is 4.25. The molecule has 0 saturated carbocycles. The van der Waals surface area contributed by atoms with Crippen LogP contribution in [-0.2, 0) is 36.0 Å². The first-order valence-corrected chi connectivity index (χ1v) is 13.2. The van der Waals surface area contributed by atoms with E-state index in [1.54, 1.807) is 18.6 Å². The summed E-state index contributed by atoms with van der Waals surface area (Å²) in [4.78, 5) is 26.5. The lowest BCUT2D eigenvalue weighted by Crippen LogP contribution is -2.17. The highest BCUT2D eigenvalue weighted by atomic mass is 32.2. The van der Waals surface area contributed by atoms with Crippen molar-refractivity contribution < 1.29 is 23.8 Å². The summed E-state index contributed by atoms with van der Waals surface area (Å²) in [5.41, 5.74) is 1.54. The van der Waals surface area contributed by atoms with Gasteiger partial charge in [-0.2, -0.15) is 0 Å². The number of thioether (sulfide) groups is 1. The van der Waals surface area contributed by atoms with Gasteiger partial charge in [-0.1, -0.05) is 11.8 Å². The number of anilines is 1. The fraction of sp³-hybridized carbons (Fsp3) is 0.417. The van der Waals surface area contributed by atoms with Crippen molar-refractivity contribution in [3.05, 3.63) is 46.1 Å². The van der Waals surface area contributed by atoms with E-state index in [0.717, 1.165) is 41.9 Å². The molecule has 1 aliphatic carbocycles. The molecule has 1 aliphatic rings. The van der Waals surface area contributed by atoms with Crippen LogP contribution in [0.15, 0.2) is 29.4 Å². The van der Waals surface area contributed by atoms with Crippen LogP contribution < -0.4 is 14.8 Å². The molecule has 11 heteroatoms. The van der Waals surface area contributed by atoms with E-state index in [1.165, 1.54) is 23.1 Å². The Hall–Kier alpha value is -3.05. The number of ether oxygens (including phenoxy) is 3. The summed E-state index contributed by atoms with van der Waals surface area (Å²) in [6.07, 6.45) is 3.90. The van der Waals surface area contributed by atoms with Crippen LogP contribution in [0.3, 0.4) is 0 Å². The van der Waals surface area contributed by atoms with Crippen LogP contribution in [-0.4, -0.2) is 46.1 Å². The van der Waals surface area contributed by atoms with E-state index >= 15 is 0 Å². The van der Waals surface area contributed by atoms with Gasteiger partial charge in [0.05, 0.1) is 25.0 Å². The number of benzene rings is 1. The largest absolute Gasteiger partial charge is 0.497 e. The summed E-state index contributed by atoms with van der Waals surface area (Å²) in [6, 6.07) is 7.29. The number of carbonyl (C=O) groups is 2. The van der Waals surface area contributed by atoms with Crippen LogP contribution >= 0.6 is 23.1 Å². The summed E-state index contributed by atoms with van der Waals surface area (Å²) >= 11 is 2.76. The fourth-order valence-corrected chi connectivity index (χ4v) is 5.81. The van der Waals surface area contributed by atoms with Crippen LogP contribution in [0.2, 0.25) is 0 Å². The lowest BCUT2D eigenvalue weighted by atomic mass is 9.95. The van der Waals surface area contributed by atoms with E-state index in [0.29, 0.717) is 33.9 Å². The summed E-state index contributed by atoms with van der Waals surface area (Å²) in [7, 11) is 3.45. The summed E-state index contributed by atoms with van der Waals surface area (Å²) in [6.45, 7) is 2.32. The highest BCUT2D eigenvalue weighted by molar-refractivity contribution is 7.99. The number of esters is 1. The molecule has 1 amide bonds. The summed E-state index contributed by atoms with van der Waals surface area (Å²) in [5.74, 6) is 1.64. The molecule has 0 spiro atoms. The fourth-order valence-electron chi connectivity index (χ4n) is 3.78. The van der Waals surface area contributed by atoms with Crippen LogP contribution in [0, 0.1) is 0 Å². The second-order valence-electron chi connectivity index (χ2n) is 7.89. The first-order chi connectivity index (χ1) is 17.0. The Balaban J connectivity index is 1.36. The van der Waals surface area contributed by atoms with Crippen molar-refractivity contribution >= 4 is 40.0 Å². The van der Waals surface area contributed by atoms with Gasteiger partial charge in [0, 0.05) is 11.9 Å². The predicted molar refractivity (Wildman–Crippen MR) is 135 cm³/mol. The number of hydrogen-bond donors (Lipinski definition) is 1. The molecule has 1 N–H and O–H groups in total. The molecule has 4 rings (SSSR count). The van der Waals surface area contributed by atoms with Crippen molar-refractivity contribution in [3.8, 4) is 11.5 Å². The van der Waals surface area contributed by atoms with Gasteiger partial charge in [-0.3, -0.25) is 4.79 Å². The molecule has 3 aromatic rings. The molecular formula is C24H28N4O5S2. The molecule has 0 fully saturated rings. The smallest absolute Gasteiger partial charge is 0.341 e. The zero-order valence-corrected chi connectivity index (χ0v) is 21.6. The number of hydrogen-bond acceptors (Lipinski definition) is 9. The third kappa shape index (κ3) is 5.96. The lowest BCUT2D eigenvalue weighted by molar-refractivity contribution is -0.113. The minimum atomic E-state index is -0.371. The van der Waals surface area contributed by atoms with Crippen LogP contribution in [0.25, 0.3) is 0 Å². The monoisotopic (exact) mass is 516 g/mol. The van der Waals surface area contributed by atoms with E-state index in [9.17, 15) is 9.59 Å². The highest BCUT2D eigenvalue weighted by Crippen LogP contribution is 2.38. The zero-order chi connectivity index (χ0) is 24.8. The Morgan fingerprint density at radius 3 is 2.63 bits per heavy atom. The first kappa shape index (κ1) is 25.1. The molecule has 9 nitrogen and oxygen atoms in total. The standard InChI is InChI=1S/C24H28N4O5S2/c1-4-32-23(30)21-17-7-5-6-8-18(17)35-22(21)25-20(29)14-34-24-27-26-19(28(24)2)13-33-16-11-9-15(31-3)10-12-16/h9-12H,4-8,13-14H2,1-3H3,(H,25,29). The minimum Gasteiger partial charge on any atom is -0.497 e. The number of rotatable bonds is 10. The number of aromatic nitrogens is 3. The van der Waals surface area contributed by atoms with Crippen molar-refractivity contribution in [1.29, 1.82) is 0 Å². The highest BCUT2D eigenvalue weighted by Gasteiger charge is 2.27. The Morgan fingerprint density at radius 1 is 1.14 bits per heavy atom. The maximum Gasteiger partial charge on any atom is 0.341 e. The number of carbonyl (C=O) groups excluding carboxylic acids is 2. The lowest BCUT2D eigenvalue weighted by Gasteiger charge is -2.12. The van der Waals surface area contributed by atoms with E-state index < -0.39 is 0 Å². The van der Waals surface area contributed by atoms with Gasteiger partial charge >= 0.3 is 5.97 Å².